The molecule has 2 rings (SSSR count). The molecule has 0 saturated carbocycles. The molecule has 0 aliphatic rings. The van der Waals surface area contributed by atoms with E-state index in [9.17, 15) is 9.18 Å². The maximum absolute atomic E-state index is 13.8. The second-order valence-electron chi connectivity index (χ2n) is 4.69. The van der Waals surface area contributed by atoms with E-state index in [1.165, 1.54) is 6.07 Å². The largest absolute Gasteiger partial charge is 0.344 e. The number of alkyl halides is 1. The van der Waals surface area contributed by atoms with Crippen molar-refractivity contribution < 1.29 is 9.18 Å². The van der Waals surface area contributed by atoms with Crippen molar-refractivity contribution in [1.29, 1.82) is 0 Å². The normalized spacial score (nSPS) is 12.7. The number of amides is 1. The zero-order valence-electron chi connectivity index (χ0n) is 11.7. The standard InChI is InChI=1S/C14H17ClFN3O/c1-4-18(3)12(20)8-19-11-7-5-6-10(16)13(11)17-14(19)9(2)15/h5-7,9H,4,8H2,1-3H3. The Labute approximate surface area is 122 Å². The molecule has 0 aliphatic heterocycles. The Bertz CT molecular complexity index is 639. The highest BCUT2D eigenvalue weighted by Gasteiger charge is 2.19. The van der Waals surface area contributed by atoms with Crippen molar-refractivity contribution in [3.8, 4) is 0 Å². The highest BCUT2D eigenvalue weighted by molar-refractivity contribution is 6.20. The lowest BCUT2D eigenvalue weighted by atomic mass is 10.3. The van der Waals surface area contributed by atoms with Crippen LogP contribution in [-0.4, -0.2) is 34.0 Å². The van der Waals surface area contributed by atoms with Crippen LogP contribution in [0.25, 0.3) is 11.0 Å². The summed E-state index contributed by atoms with van der Waals surface area (Å²) >= 11 is 6.10. The molecule has 20 heavy (non-hydrogen) atoms. The summed E-state index contributed by atoms with van der Waals surface area (Å²) in [4.78, 5) is 17.9. The van der Waals surface area contributed by atoms with Gasteiger partial charge in [-0.25, -0.2) is 9.37 Å². The Balaban J connectivity index is 2.52. The van der Waals surface area contributed by atoms with Gasteiger partial charge in [-0.15, -0.1) is 11.6 Å². The summed E-state index contributed by atoms with van der Waals surface area (Å²) in [5.41, 5.74) is 0.840. The number of nitrogens with zero attached hydrogens (tertiary/aromatic N) is 3. The summed E-state index contributed by atoms with van der Waals surface area (Å²) < 4.78 is 15.5. The number of carbonyl (C=O) groups excluding carboxylic acids is 1. The number of carbonyl (C=O) groups is 1. The van der Waals surface area contributed by atoms with Crippen LogP contribution in [0, 0.1) is 5.82 Å². The highest BCUT2D eigenvalue weighted by Crippen LogP contribution is 2.26. The van der Waals surface area contributed by atoms with Gasteiger partial charge in [0, 0.05) is 13.6 Å². The number of likely N-dealkylation sites (N-methyl/N-ethyl adjacent to an activating group) is 1. The molecule has 4 nitrogen and oxygen atoms in total. The molecule has 1 amide bonds. The quantitative estimate of drug-likeness (QED) is 0.814. The van der Waals surface area contributed by atoms with Crippen LogP contribution in [0.2, 0.25) is 0 Å². The van der Waals surface area contributed by atoms with E-state index in [2.05, 4.69) is 4.98 Å². The average Bonchev–Trinajstić information content (AvgIpc) is 2.78. The minimum atomic E-state index is -0.406. The Morgan fingerprint density at radius 2 is 2.25 bits per heavy atom. The summed E-state index contributed by atoms with van der Waals surface area (Å²) in [6.07, 6.45) is 0. The molecule has 1 aromatic heterocycles. The van der Waals surface area contributed by atoms with Crippen molar-refractivity contribution in [2.45, 2.75) is 25.8 Å². The number of rotatable bonds is 4. The zero-order valence-corrected chi connectivity index (χ0v) is 12.5. The van der Waals surface area contributed by atoms with Gasteiger partial charge in [-0.2, -0.15) is 0 Å². The summed E-state index contributed by atoms with van der Waals surface area (Å²) in [6, 6.07) is 4.70. The summed E-state index contributed by atoms with van der Waals surface area (Å²) in [7, 11) is 1.73. The molecular weight excluding hydrogens is 281 g/mol. The minimum absolute atomic E-state index is 0.0605. The second kappa shape index (κ2) is 5.79. The number of halogens is 2. The Morgan fingerprint density at radius 3 is 2.85 bits per heavy atom. The van der Waals surface area contributed by atoms with Gasteiger partial charge in [-0.05, 0) is 26.0 Å². The zero-order chi connectivity index (χ0) is 14.9. The van der Waals surface area contributed by atoms with Crippen LogP contribution >= 0.6 is 11.6 Å². The first-order valence-electron chi connectivity index (χ1n) is 6.48. The number of aromatic nitrogens is 2. The molecule has 0 aliphatic carbocycles. The topological polar surface area (TPSA) is 38.1 Å². The number of hydrogen-bond donors (Lipinski definition) is 0. The molecule has 0 fully saturated rings. The number of benzene rings is 1. The highest BCUT2D eigenvalue weighted by atomic mass is 35.5. The van der Waals surface area contributed by atoms with Crippen molar-refractivity contribution in [3.05, 3.63) is 29.8 Å². The maximum Gasteiger partial charge on any atom is 0.242 e. The fourth-order valence-electron chi connectivity index (χ4n) is 2.03. The smallest absolute Gasteiger partial charge is 0.242 e. The first-order valence-corrected chi connectivity index (χ1v) is 6.92. The molecule has 0 spiro atoms. The van der Waals surface area contributed by atoms with E-state index in [-0.39, 0.29) is 18.0 Å². The summed E-state index contributed by atoms with van der Waals surface area (Å²) in [6.45, 7) is 4.38. The Kier molecular flexibility index (Phi) is 4.28. The van der Waals surface area contributed by atoms with Crippen LogP contribution in [0.1, 0.15) is 25.0 Å². The second-order valence-corrected chi connectivity index (χ2v) is 5.34. The number of hydrogen-bond acceptors (Lipinski definition) is 2. The van der Waals surface area contributed by atoms with E-state index in [4.69, 9.17) is 11.6 Å². The van der Waals surface area contributed by atoms with Gasteiger partial charge in [-0.1, -0.05) is 6.07 Å². The van der Waals surface area contributed by atoms with Crippen molar-refractivity contribution in [3.63, 3.8) is 0 Å². The van der Waals surface area contributed by atoms with Crippen LogP contribution in [-0.2, 0) is 11.3 Å². The third-order valence-electron chi connectivity index (χ3n) is 3.31. The van der Waals surface area contributed by atoms with E-state index in [0.717, 1.165) is 0 Å². The predicted octanol–water partition coefficient (Wildman–Crippen LogP) is 2.95. The monoisotopic (exact) mass is 297 g/mol. The molecular formula is C14H17ClFN3O. The van der Waals surface area contributed by atoms with E-state index in [1.807, 2.05) is 6.92 Å². The molecule has 0 saturated heterocycles. The van der Waals surface area contributed by atoms with Gasteiger partial charge in [0.05, 0.1) is 10.9 Å². The van der Waals surface area contributed by atoms with E-state index in [0.29, 0.717) is 17.9 Å². The fourth-order valence-corrected chi connectivity index (χ4v) is 2.20. The summed E-state index contributed by atoms with van der Waals surface area (Å²) in [5.74, 6) is 0.0374. The van der Waals surface area contributed by atoms with Gasteiger partial charge in [0.1, 0.15) is 17.9 Å². The van der Waals surface area contributed by atoms with Crippen molar-refractivity contribution >= 4 is 28.5 Å². The van der Waals surface area contributed by atoms with Gasteiger partial charge in [0.15, 0.2) is 5.82 Å². The predicted molar refractivity (Wildman–Crippen MR) is 77.3 cm³/mol. The number of fused-ring (bicyclic) bond motifs is 1. The molecule has 0 bridgehead atoms. The van der Waals surface area contributed by atoms with E-state index >= 15 is 0 Å². The van der Waals surface area contributed by atoms with Gasteiger partial charge < -0.3 is 9.47 Å². The van der Waals surface area contributed by atoms with Gasteiger partial charge in [0.2, 0.25) is 5.91 Å². The third kappa shape index (κ3) is 2.63. The van der Waals surface area contributed by atoms with Crippen molar-refractivity contribution in [2.75, 3.05) is 13.6 Å². The first-order chi connectivity index (χ1) is 9.45. The first kappa shape index (κ1) is 14.8. The molecule has 0 radical (unpaired) electrons. The van der Waals surface area contributed by atoms with Crippen molar-refractivity contribution in [2.24, 2.45) is 0 Å². The van der Waals surface area contributed by atoms with Gasteiger partial charge in [-0.3, -0.25) is 4.79 Å². The fraction of sp³-hybridized carbons (Fsp3) is 0.429. The SMILES string of the molecule is CCN(C)C(=O)Cn1c(C(C)Cl)nc2c(F)cccc21. The van der Waals surface area contributed by atoms with Crippen LogP contribution in [0.15, 0.2) is 18.2 Å². The molecule has 6 heteroatoms. The molecule has 2 aromatic rings. The maximum atomic E-state index is 13.8. The Morgan fingerprint density at radius 1 is 1.55 bits per heavy atom. The van der Waals surface area contributed by atoms with Crippen LogP contribution in [0.5, 0.6) is 0 Å². The lowest BCUT2D eigenvalue weighted by Crippen LogP contribution is -2.30. The van der Waals surface area contributed by atoms with Gasteiger partial charge in [0.25, 0.3) is 0 Å². The molecule has 0 N–H and O–H groups in total. The number of imidazole rings is 1. The molecule has 1 heterocycles. The van der Waals surface area contributed by atoms with Crippen LogP contribution in [0.4, 0.5) is 4.39 Å². The molecule has 1 atom stereocenters. The van der Waals surface area contributed by atoms with E-state index < -0.39 is 11.2 Å². The van der Waals surface area contributed by atoms with Gasteiger partial charge >= 0.3 is 0 Å². The number of para-hydroxylation sites is 1. The molecule has 1 aromatic carbocycles. The van der Waals surface area contributed by atoms with E-state index in [1.54, 1.807) is 35.6 Å². The summed E-state index contributed by atoms with van der Waals surface area (Å²) in [5, 5.41) is -0.401. The van der Waals surface area contributed by atoms with Crippen molar-refractivity contribution in [1.82, 2.24) is 14.5 Å². The average molecular weight is 298 g/mol. The minimum Gasteiger partial charge on any atom is -0.344 e. The Hall–Kier alpha value is -1.62. The van der Waals surface area contributed by atoms with Crippen LogP contribution < -0.4 is 0 Å². The third-order valence-corrected chi connectivity index (χ3v) is 3.50. The lowest BCUT2D eigenvalue weighted by Gasteiger charge is -2.17. The molecule has 1 unspecified atom stereocenters. The molecule has 108 valence electrons. The lowest BCUT2D eigenvalue weighted by molar-refractivity contribution is -0.130. The van der Waals surface area contributed by atoms with Crippen LogP contribution in [0.3, 0.4) is 0 Å².